The van der Waals surface area contributed by atoms with E-state index in [0.717, 1.165) is 17.0 Å². The second-order valence-electron chi connectivity index (χ2n) is 12.2. The van der Waals surface area contributed by atoms with Crippen LogP contribution < -0.4 is 21.3 Å². The lowest BCUT2D eigenvalue weighted by molar-refractivity contribution is -0.132. The minimum Gasteiger partial charge on any atom is -0.354 e. The van der Waals surface area contributed by atoms with E-state index in [1.807, 2.05) is 74.2 Å². The first-order valence-corrected chi connectivity index (χ1v) is 15.8. The number of hydrogen-bond acceptors (Lipinski definition) is 8. The Morgan fingerprint density at radius 2 is 1.61 bits per heavy atom. The van der Waals surface area contributed by atoms with Crippen molar-refractivity contribution in [3.05, 3.63) is 65.7 Å². The van der Waals surface area contributed by atoms with Gasteiger partial charge in [0.05, 0.1) is 18.3 Å². The van der Waals surface area contributed by atoms with Gasteiger partial charge in [-0.05, 0) is 51.7 Å². The van der Waals surface area contributed by atoms with Crippen LogP contribution in [0.5, 0.6) is 0 Å². The zero-order chi connectivity index (χ0) is 33.2. The molecule has 46 heavy (non-hydrogen) atoms. The normalized spacial score (nSPS) is 21.2. The average Bonchev–Trinajstić information content (AvgIpc) is 3.42. The number of aryl methyl sites for hydroxylation is 1. The molecule has 1 aliphatic rings. The molecule has 0 aliphatic carbocycles. The van der Waals surface area contributed by atoms with Crippen LogP contribution in [0.3, 0.4) is 0 Å². The minimum absolute atomic E-state index is 0.0270. The number of nitrogens with one attached hydrogen (secondary N) is 4. The van der Waals surface area contributed by atoms with Gasteiger partial charge in [-0.25, -0.2) is 9.67 Å². The lowest BCUT2D eigenvalue weighted by atomic mass is 10.0. The summed E-state index contributed by atoms with van der Waals surface area (Å²) in [5.74, 6) is -0.513. The van der Waals surface area contributed by atoms with E-state index in [2.05, 4.69) is 31.3 Å². The summed E-state index contributed by atoms with van der Waals surface area (Å²) in [6, 6.07) is 12.8. The van der Waals surface area contributed by atoms with Crippen LogP contribution in [0, 0.1) is 12.8 Å². The molecule has 4 N–H and O–H groups in total. The standard InChI is InChI=1S/C33H45N9O4/c1-21(2)17-27-33(46)37-23(4)31-39-30(25-12-7-6-8-13-25)40-42(31)20-28(43)34-15-10-16-41(18-26-14-9-11-22(3)35-26)19-29(44)36-24(5)32(45)38-27/h6-9,11-14,21,23-24,27H,10,15-20H2,1-5H3,(H,34,43)(H,36,44)(H,37,46)(H,38,45)/t23-,24+,27+/m0/s1. The Balaban J connectivity index is 1.61. The molecule has 0 saturated heterocycles. The molecule has 1 aromatic carbocycles. The Morgan fingerprint density at radius 3 is 2.33 bits per heavy atom. The first-order valence-electron chi connectivity index (χ1n) is 15.8. The van der Waals surface area contributed by atoms with Gasteiger partial charge in [0.15, 0.2) is 5.82 Å². The molecule has 0 spiro atoms. The van der Waals surface area contributed by atoms with Crippen LogP contribution in [-0.4, -0.2) is 80.0 Å². The van der Waals surface area contributed by atoms with Gasteiger partial charge in [-0.1, -0.05) is 50.2 Å². The molecule has 4 rings (SSSR count). The molecule has 0 unspecified atom stereocenters. The van der Waals surface area contributed by atoms with Gasteiger partial charge in [0.1, 0.15) is 24.5 Å². The quantitative estimate of drug-likeness (QED) is 0.332. The van der Waals surface area contributed by atoms with E-state index in [4.69, 9.17) is 4.98 Å². The minimum atomic E-state index is -0.871. The number of rotatable bonds is 5. The van der Waals surface area contributed by atoms with Crippen molar-refractivity contribution in [2.45, 2.75) is 78.7 Å². The lowest BCUT2D eigenvalue weighted by Crippen LogP contribution is -2.54. The summed E-state index contributed by atoms with van der Waals surface area (Å²) in [5.41, 5.74) is 2.46. The van der Waals surface area contributed by atoms with Crippen LogP contribution in [0.4, 0.5) is 0 Å². The van der Waals surface area contributed by atoms with Gasteiger partial charge in [-0.3, -0.25) is 29.1 Å². The molecule has 0 fully saturated rings. The van der Waals surface area contributed by atoms with E-state index in [1.54, 1.807) is 13.8 Å². The maximum absolute atomic E-state index is 13.5. The average molecular weight is 632 g/mol. The third-order valence-corrected chi connectivity index (χ3v) is 7.55. The smallest absolute Gasteiger partial charge is 0.243 e. The zero-order valence-corrected chi connectivity index (χ0v) is 27.2. The molecule has 3 aromatic rings. The number of aromatic nitrogens is 4. The van der Waals surface area contributed by atoms with Gasteiger partial charge in [0, 0.05) is 30.9 Å². The number of carbonyl (C=O) groups excluding carboxylic acids is 4. The topological polar surface area (TPSA) is 163 Å². The Hall–Kier alpha value is -4.65. The van der Waals surface area contributed by atoms with Crippen molar-refractivity contribution in [3.63, 3.8) is 0 Å². The zero-order valence-electron chi connectivity index (χ0n) is 27.2. The highest BCUT2D eigenvalue weighted by atomic mass is 16.2. The fourth-order valence-corrected chi connectivity index (χ4v) is 5.29. The van der Waals surface area contributed by atoms with E-state index in [0.29, 0.717) is 44.1 Å². The van der Waals surface area contributed by atoms with Gasteiger partial charge in [-0.15, -0.1) is 0 Å². The molecule has 1 aliphatic heterocycles. The van der Waals surface area contributed by atoms with E-state index >= 15 is 0 Å². The summed E-state index contributed by atoms with van der Waals surface area (Å²) >= 11 is 0. The molecule has 246 valence electrons. The largest absolute Gasteiger partial charge is 0.354 e. The number of nitrogens with zero attached hydrogens (tertiary/aromatic N) is 5. The van der Waals surface area contributed by atoms with E-state index in [-0.39, 0.29) is 30.8 Å². The number of carbonyl (C=O) groups is 4. The summed E-state index contributed by atoms with van der Waals surface area (Å²) in [5, 5.41) is 16.1. The van der Waals surface area contributed by atoms with Gasteiger partial charge < -0.3 is 21.3 Å². The predicted molar refractivity (Wildman–Crippen MR) is 173 cm³/mol. The highest BCUT2D eigenvalue weighted by Crippen LogP contribution is 2.19. The van der Waals surface area contributed by atoms with Crippen molar-refractivity contribution in [3.8, 4) is 11.4 Å². The number of pyridine rings is 1. The molecule has 0 radical (unpaired) electrons. The maximum atomic E-state index is 13.5. The van der Waals surface area contributed by atoms with Crippen LogP contribution in [0.2, 0.25) is 0 Å². The third kappa shape index (κ3) is 9.93. The van der Waals surface area contributed by atoms with Crippen molar-refractivity contribution in [1.29, 1.82) is 0 Å². The molecule has 0 saturated carbocycles. The fourth-order valence-electron chi connectivity index (χ4n) is 5.29. The van der Waals surface area contributed by atoms with Gasteiger partial charge in [0.25, 0.3) is 0 Å². The van der Waals surface area contributed by atoms with Crippen LogP contribution in [-0.2, 0) is 32.3 Å². The summed E-state index contributed by atoms with van der Waals surface area (Å²) in [6.07, 6.45) is 0.955. The number of hydrogen-bond donors (Lipinski definition) is 4. The molecule has 3 heterocycles. The molecule has 4 amide bonds. The summed E-state index contributed by atoms with van der Waals surface area (Å²) in [7, 11) is 0. The maximum Gasteiger partial charge on any atom is 0.243 e. The number of benzene rings is 1. The van der Waals surface area contributed by atoms with Crippen molar-refractivity contribution < 1.29 is 19.2 Å². The number of amides is 4. The van der Waals surface area contributed by atoms with Crippen LogP contribution in [0.15, 0.2) is 48.5 Å². The third-order valence-electron chi connectivity index (χ3n) is 7.55. The number of fused-ring (bicyclic) bond motifs is 1. The Morgan fingerprint density at radius 1 is 0.848 bits per heavy atom. The first-order chi connectivity index (χ1) is 22.0. The van der Waals surface area contributed by atoms with Gasteiger partial charge in [0.2, 0.25) is 23.6 Å². The summed E-state index contributed by atoms with van der Waals surface area (Å²) in [4.78, 5) is 64.1. The molecular weight excluding hydrogens is 586 g/mol. The fraction of sp³-hybridized carbons (Fsp3) is 0.485. The van der Waals surface area contributed by atoms with Crippen LogP contribution >= 0.6 is 0 Å². The molecule has 3 atom stereocenters. The Bertz CT molecular complexity index is 1510. The van der Waals surface area contributed by atoms with E-state index in [1.165, 1.54) is 4.68 Å². The Labute approximate surface area is 269 Å². The Kier molecular flexibility index (Phi) is 12.0. The second kappa shape index (κ2) is 16.1. The summed E-state index contributed by atoms with van der Waals surface area (Å²) in [6.45, 7) is 10.4. The van der Waals surface area contributed by atoms with E-state index < -0.39 is 29.9 Å². The van der Waals surface area contributed by atoms with Crippen molar-refractivity contribution in [1.82, 2.24) is 45.9 Å². The van der Waals surface area contributed by atoms with Crippen LogP contribution in [0.1, 0.15) is 63.8 Å². The predicted octanol–water partition coefficient (Wildman–Crippen LogP) is 1.88. The molecular formula is C33H45N9O4. The molecule has 0 bridgehead atoms. The highest BCUT2D eigenvalue weighted by molar-refractivity contribution is 5.92. The van der Waals surface area contributed by atoms with Crippen molar-refractivity contribution in [2.24, 2.45) is 5.92 Å². The lowest BCUT2D eigenvalue weighted by Gasteiger charge is -2.25. The van der Waals surface area contributed by atoms with Gasteiger partial charge in [-0.2, -0.15) is 5.10 Å². The van der Waals surface area contributed by atoms with Crippen molar-refractivity contribution >= 4 is 23.6 Å². The van der Waals surface area contributed by atoms with Crippen molar-refractivity contribution in [2.75, 3.05) is 19.6 Å². The van der Waals surface area contributed by atoms with Gasteiger partial charge >= 0.3 is 0 Å². The van der Waals surface area contributed by atoms with E-state index in [9.17, 15) is 19.2 Å². The highest BCUT2D eigenvalue weighted by Gasteiger charge is 2.28. The molecule has 13 heteroatoms. The second-order valence-corrected chi connectivity index (χ2v) is 12.2. The monoisotopic (exact) mass is 631 g/mol. The summed E-state index contributed by atoms with van der Waals surface area (Å²) < 4.78 is 1.51. The molecule has 2 aromatic heterocycles. The first kappa shape index (κ1) is 34.2. The van der Waals surface area contributed by atoms with Crippen LogP contribution in [0.25, 0.3) is 11.4 Å². The SMILES string of the molecule is Cc1cccc(CN2CCCNC(=O)Cn3nc(-c4ccccc4)nc3[C@H](C)NC(=O)[C@@H](CC(C)C)NC(=O)[C@@H](C)NC(=O)C2)n1. The molecule has 13 nitrogen and oxygen atoms in total.